The zero-order valence-corrected chi connectivity index (χ0v) is 21.1. The van der Waals surface area contributed by atoms with E-state index in [1.807, 2.05) is 37.3 Å². The normalized spacial score (nSPS) is 14.7. The van der Waals surface area contributed by atoms with E-state index in [-0.39, 0.29) is 24.6 Å². The third-order valence-electron chi connectivity index (χ3n) is 6.23. The molecule has 1 unspecified atom stereocenters. The fourth-order valence-electron chi connectivity index (χ4n) is 4.31. The molecular formula is C27H27FN6O4. The van der Waals surface area contributed by atoms with E-state index in [4.69, 9.17) is 9.47 Å². The summed E-state index contributed by atoms with van der Waals surface area (Å²) in [5, 5.41) is 7.05. The zero-order valence-electron chi connectivity index (χ0n) is 21.1. The van der Waals surface area contributed by atoms with Gasteiger partial charge >= 0.3 is 0 Å². The van der Waals surface area contributed by atoms with Gasteiger partial charge in [0.25, 0.3) is 11.5 Å². The number of fused-ring (bicyclic) bond motifs is 1. The lowest BCUT2D eigenvalue weighted by atomic mass is 10.1. The van der Waals surface area contributed by atoms with Crippen LogP contribution in [0.2, 0.25) is 0 Å². The summed E-state index contributed by atoms with van der Waals surface area (Å²) in [4.78, 5) is 35.6. The lowest BCUT2D eigenvalue weighted by Crippen LogP contribution is -2.37. The number of amides is 1. The number of aromatic nitrogens is 5. The number of carbonyl (C=O) groups is 1. The Morgan fingerprint density at radius 1 is 1.24 bits per heavy atom. The summed E-state index contributed by atoms with van der Waals surface area (Å²) in [5.74, 6) is -0.260. The molecule has 38 heavy (non-hydrogen) atoms. The Morgan fingerprint density at radius 2 is 2.05 bits per heavy atom. The number of carbonyl (C=O) groups excluding carboxylic acids is 1. The maximum Gasteiger partial charge on any atom is 0.296 e. The maximum absolute atomic E-state index is 14.0. The molecule has 11 heteroatoms. The first-order chi connectivity index (χ1) is 18.4. The predicted octanol–water partition coefficient (Wildman–Crippen LogP) is 3.26. The number of halogens is 1. The van der Waals surface area contributed by atoms with Crippen LogP contribution in [0, 0.1) is 12.7 Å². The molecule has 10 nitrogen and oxygen atoms in total. The highest BCUT2D eigenvalue weighted by atomic mass is 19.1. The molecule has 1 N–H and O–H groups in total. The molecule has 196 valence electrons. The average Bonchev–Trinajstić information content (AvgIpc) is 3.37. The quantitative estimate of drug-likeness (QED) is 0.381. The molecule has 1 amide bonds. The number of hydrogen-bond donors (Lipinski definition) is 1. The van der Waals surface area contributed by atoms with Gasteiger partial charge in [-0.15, -0.1) is 0 Å². The molecule has 3 heterocycles. The van der Waals surface area contributed by atoms with Crippen molar-refractivity contribution in [3.63, 3.8) is 0 Å². The first-order valence-electron chi connectivity index (χ1n) is 12.3. The van der Waals surface area contributed by atoms with Gasteiger partial charge in [-0.3, -0.25) is 14.2 Å². The highest BCUT2D eigenvalue weighted by molar-refractivity contribution is 5.94. The molecule has 0 aliphatic carbocycles. The van der Waals surface area contributed by atoms with Crippen LogP contribution in [-0.2, 0) is 24.4 Å². The number of nitrogens with one attached hydrogen (secondary N) is 1. The minimum Gasteiger partial charge on any atom is -0.481 e. The van der Waals surface area contributed by atoms with Gasteiger partial charge in [0.05, 0.1) is 18.8 Å². The van der Waals surface area contributed by atoms with E-state index in [9.17, 15) is 14.0 Å². The molecule has 5 rings (SSSR count). The van der Waals surface area contributed by atoms with Gasteiger partial charge in [0, 0.05) is 6.54 Å². The number of hydrogen-bond acceptors (Lipinski definition) is 7. The van der Waals surface area contributed by atoms with Crippen LogP contribution in [0.5, 0.6) is 5.75 Å². The molecule has 4 aromatic rings. The Morgan fingerprint density at radius 3 is 2.79 bits per heavy atom. The first kappa shape index (κ1) is 25.3. The smallest absolute Gasteiger partial charge is 0.296 e. The molecule has 0 saturated carbocycles. The molecule has 0 spiro atoms. The summed E-state index contributed by atoms with van der Waals surface area (Å²) >= 11 is 0. The second kappa shape index (κ2) is 10.9. The molecule has 1 aliphatic rings. The summed E-state index contributed by atoms with van der Waals surface area (Å²) in [6, 6.07) is 13.5. The number of nitrogens with zero attached hydrogens (tertiary/aromatic N) is 5. The van der Waals surface area contributed by atoms with Gasteiger partial charge in [-0.2, -0.15) is 5.10 Å². The van der Waals surface area contributed by atoms with Crippen LogP contribution >= 0.6 is 0 Å². The van der Waals surface area contributed by atoms with Crippen molar-refractivity contribution in [1.82, 2.24) is 29.6 Å². The van der Waals surface area contributed by atoms with Crippen molar-refractivity contribution in [2.75, 3.05) is 6.61 Å². The van der Waals surface area contributed by atoms with Crippen molar-refractivity contribution in [2.24, 2.45) is 0 Å². The summed E-state index contributed by atoms with van der Waals surface area (Å²) in [6.07, 6.45) is 1.65. The maximum atomic E-state index is 14.0. The van der Waals surface area contributed by atoms with Crippen LogP contribution < -0.4 is 15.6 Å². The standard InChI is InChI=1S/C27H27FN6O4/c1-3-22-25-31-23(24(27(36)33(25)11-12-37-22)38-15-18-7-5-4-6-8-18)26(35)29-14-19-9-10-20(28)13-21(19)34-16-30-17(2)32-34/h4-10,13,16,22H,3,11-12,14-15H2,1-2H3,(H,29,35). The van der Waals surface area contributed by atoms with Crippen LogP contribution in [0.4, 0.5) is 4.39 Å². The van der Waals surface area contributed by atoms with E-state index >= 15 is 0 Å². The molecule has 1 aliphatic heterocycles. The highest BCUT2D eigenvalue weighted by Gasteiger charge is 2.29. The minimum atomic E-state index is -0.598. The fraction of sp³-hybridized carbons (Fsp3) is 0.296. The van der Waals surface area contributed by atoms with E-state index in [2.05, 4.69) is 20.4 Å². The van der Waals surface area contributed by atoms with Crippen molar-refractivity contribution < 1.29 is 18.7 Å². The Hall–Kier alpha value is -4.38. The van der Waals surface area contributed by atoms with Gasteiger partial charge in [-0.05, 0) is 36.6 Å². The second-order valence-electron chi connectivity index (χ2n) is 8.84. The van der Waals surface area contributed by atoms with Crippen molar-refractivity contribution in [3.05, 3.63) is 99.5 Å². The van der Waals surface area contributed by atoms with E-state index < -0.39 is 23.4 Å². The van der Waals surface area contributed by atoms with Crippen molar-refractivity contribution in [1.29, 1.82) is 0 Å². The molecule has 0 fully saturated rings. The van der Waals surface area contributed by atoms with Gasteiger partial charge in [-0.1, -0.05) is 43.3 Å². The Labute approximate surface area is 218 Å². The Bertz CT molecular complexity index is 1520. The second-order valence-corrected chi connectivity index (χ2v) is 8.84. The van der Waals surface area contributed by atoms with Crippen LogP contribution in [-0.4, -0.2) is 36.8 Å². The minimum absolute atomic E-state index is 0.0271. The van der Waals surface area contributed by atoms with E-state index in [1.165, 1.54) is 27.7 Å². The Kier molecular flexibility index (Phi) is 7.27. The van der Waals surface area contributed by atoms with Crippen LogP contribution in [0.3, 0.4) is 0 Å². The average molecular weight is 519 g/mol. The van der Waals surface area contributed by atoms with Crippen LogP contribution in [0.15, 0.2) is 59.7 Å². The topological polar surface area (TPSA) is 113 Å². The lowest BCUT2D eigenvalue weighted by Gasteiger charge is -2.26. The monoisotopic (exact) mass is 518 g/mol. The van der Waals surface area contributed by atoms with Gasteiger partial charge in [0.2, 0.25) is 5.75 Å². The molecule has 1 atom stereocenters. The highest BCUT2D eigenvalue weighted by Crippen LogP contribution is 2.25. The molecule has 0 saturated heterocycles. The number of aryl methyl sites for hydroxylation is 1. The van der Waals surface area contributed by atoms with Crippen LogP contribution in [0.1, 0.15) is 52.7 Å². The van der Waals surface area contributed by atoms with E-state index in [1.54, 1.807) is 13.0 Å². The summed E-state index contributed by atoms with van der Waals surface area (Å²) < 4.78 is 28.7. The molecule has 2 aromatic heterocycles. The lowest BCUT2D eigenvalue weighted by molar-refractivity contribution is 0.0112. The molecule has 0 radical (unpaired) electrons. The SMILES string of the molecule is CCC1OCCn2c1nc(C(=O)NCc1ccc(F)cc1-n1cnc(C)n1)c(OCc1ccccc1)c2=O. The van der Waals surface area contributed by atoms with E-state index in [0.717, 1.165) is 5.56 Å². The van der Waals surface area contributed by atoms with Crippen molar-refractivity contribution in [2.45, 2.75) is 46.1 Å². The van der Waals surface area contributed by atoms with Gasteiger partial charge < -0.3 is 14.8 Å². The summed E-state index contributed by atoms with van der Waals surface area (Å²) in [7, 11) is 0. The van der Waals surface area contributed by atoms with Crippen molar-refractivity contribution >= 4 is 5.91 Å². The van der Waals surface area contributed by atoms with Gasteiger partial charge in [-0.25, -0.2) is 19.0 Å². The first-order valence-corrected chi connectivity index (χ1v) is 12.3. The summed E-state index contributed by atoms with van der Waals surface area (Å²) in [5.41, 5.74) is 1.32. The van der Waals surface area contributed by atoms with Crippen LogP contribution in [0.25, 0.3) is 5.69 Å². The predicted molar refractivity (Wildman–Crippen MR) is 135 cm³/mol. The third kappa shape index (κ3) is 5.18. The zero-order chi connectivity index (χ0) is 26.6. The Balaban J connectivity index is 1.47. The van der Waals surface area contributed by atoms with Gasteiger partial charge in [0.15, 0.2) is 5.69 Å². The van der Waals surface area contributed by atoms with E-state index in [0.29, 0.717) is 42.5 Å². The number of ether oxygens (including phenoxy) is 2. The molecular weight excluding hydrogens is 491 g/mol. The van der Waals surface area contributed by atoms with Gasteiger partial charge in [0.1, 0.15) is 36.5 Å². The molecule has 0 bridgehead atoms. The third-order valence-corrected chi connectivity index (χ3v) is 6.23. The van der Waals surface area contributed by atoms with Crippen molar-refractivity contribution in [3.8, 4) is 11.4 Å². The summed E-state index contributed by atoms with van der Waals surface area (Å²) in [6.45, 7) is 4.46. The molecule has 2 aromatic carbocycles. The number of rotatable bonds is 8. The fourth-order valence-corrected chi connectivity index (χ4v) is 4.31. The largest absolute Gasteiger partial charge is 0.481 e. The number of benzene rings is 2.